The van der Waals surface area contributed by atoms with Gasteiger partial charge >= 0.3 is 0 Å². The van der Waals surface area contributed by atoms with E-state index in [0.29, 0.717) is 17.2 Å². The van der Waals surface area contributed by atoms with Crippen LogP contribution in [0.3, 0.4) is 0 Å². The molecular formula is C28H34N2O7S. The second-order valence-corrected chi connectivity index (χ2v) is 10.7. The maximum Gasteiger partial charge on any atom is 0.265 e. The highest BCUT2D eigenvalue weighted by atomic mass is 32.2. The summed E-state index contributed by atoms with van der Waals surface area (Å²) in [6.07, 6.45) is 0. The fraction of sp³-hybridized carbons (Fsp3) is 0.321. The average molecular weight is 543 g/mol. The second-order valence-electron chi connectivity index (χ2n) is 8.81. The van der Waals surface area contributed by atoms with Crippen LogP contribution >= 0.6 is 0 Å². The molecule has 0 aromatic heterocycles. The zero-order valence-corrected chi connectivity index (χ0v) is 23.5. The number of hydrogen-bond acceptors (Lipinski definition) is 7. The minimum Gasteiger partial charge on any atom is -0.497 e. The third kappa shape index (κ3) is 5.96. The van der Waals surface area contributed by atoms with Gasteiger partial charge in [0.1, 0.15) is 18.0 Å². The van der Waals surface area contributed by atoms with Crippen molar-refractivity contribution in [1.29, 1.82) is 0 Å². The Labute approximate surface area is 224 Å². The normalized spacial score (nSPS) is 11.2. The van der Waals surface area contributed by atoms with Crippen LogP contribution in [0.25, 0.3) is 0 Å². The third-order valence-corrected chi connectivity index (χ3v) is 7.83. The quantitative estimate of drug-likeness (QED) is 0.364. The van der Waals surface area contributed by atoms with E-state index in [2.05, 4.69) is 5.32 Å². The van der Waals surface area contributed by atoms with Crippen LogP contribution < -0.4 is 28.6 Å². The van der Waals surface area contributed by atoms with Crippen LogP contribution in [-0.2, 0) is 14.8 Å². The summed E-state index contributed by atoms with van der Waals surface area (Å²) in [7, 11) is 1.48. The Bertz CT molecular complexity index is 1400. The van der Waals surface area contributed by atoms with Crippen molar-refractivity contribution in [3.8, 4) is 23.0 Å². The maximum atomic E-state index is 14.1. The topological polar surface area (TPSA) is 103 Å². The van der Waals surface area contributed by atoms with Gasteiger partial charge in [0.15, 0.2) is 11.5 Å². The number of anilines is 2. The van der Waals surface area contributed by atoms with Crippen molar-refractivity contribution in [3.63, 3.8) is 0 Å². The van der Waals surface area contributed by atoms with Gasteiger partial charge in [0.05, 0.1) is 39.0 Å². The number of ether oxygens (including phenoxy) is 4. The molecule has 0 unspecified atom stereocenters. The first-order valence-electron chi connectivity index (χ1n) is 11.9. The molecule has 0 bridgehead atoms. The minimum absolute atomic E-state index is 0.0911. The molecule has 9 nitrogen and oxygen atoms in total. The number of nitrogens with one attached hydrogen (secondary N) is 1. The van der Waals surface area contributed by atoms with Gasteiger partial charge in [-0.25, -0.2) is 8.42 Å². The number of benzene rings is 3. The number of carbonyl (C=O) groups is 1. The van der Waals surface area contributed by atoms with E-state index in [4.69, 9.17) is 18.9 Å². The van der Waals surface area contributed by atoms with Gasteiger partial charge in [-0.2, -0.15) is 0 Å². The number of methoxy groups -OCH3 is 4. The molecule has 204 valence electrons. The number of para-hydroxylation sites is 1. The molecular weight excluding hydrogens is 508 g/mol. The van der Waals surface area contributed by atoms with Crippen LogP contribution in [-0.4, -0.2) is 49.3 Å². The molecule has 0 saturated carbocycles. The van der Waals surface area contributed by atoms with Gasteiger partial charge in [0.25, 0.3) is 10.0 Å². The monoisotopic (exact) mass is 542 g/mol. The van der Waals surface area contributed by atoms with E-state index in [9.17, 15) is 13.2 Å². The Hall–Kier alpha value is -3.92. The van der Waals surface area contributed by atoms with Crippen molar-refractivity contribution in [2.45, 2.75) is 31.6 Å². The van der Waals surface area contributed by atoms with Gasteiger partial charge in [-0.05, 0) is 48.2 Å². The van der Waals surface area contributed by atoms with E-state index in [1.54, 1.807) is 12.1 Å². The highest BCUT2D eigenvalue weighted by molar-refractivity contribution is 7.92. The molecule has 0 atom stereocenters. The predicted molar refractivity (Wildman–Crippen MR) is 148 cm³/mol. The van der Waals surface area contributed by atoms with Gasteiger partial charge in [0, 0.05) is 17.8 Å². The first-order valence-corrected chi connectivity index (χ1v) is 13.4. The number of hydrogen-bond donors (Lipinski definition) is 1. The minimum atomic E-state index is -4.29. The molecule has 0 aliphatic carbocycles. The largest absolute Gasteiger partial charge is 0.497 e. The Morgan fingerprint density at radius 1 is 0.868 bits per heavy atom. The smallest absolute Gasteiger partial charge is 0.265 e. The maximum absolute atomic E-state index is 14.1. The number of rotatable bonds is 11. The summed E-state index contributed by atoms with van der Waals surface area (Å²) in [6.45, 7) is 5.43. The number of sulfonamides is 1. The molecule has 10 heteroatoms. The molecule has 1 amide bonds. The van der Waals surface area contributed by atoms with Crippen molar-refractivity contribution in [2.24, 2.45) is 0 Å². The Kier molecular flexibility index (Phi) is 9.11. The highest BCUT2D eigenvalue weighted by Crippen LogP contribution is 2.38. The van der Waals surface area contributed by atoms with E-state index in [0.717, 1.165) is 15.4 Å². The zero-order valence-electron chi connectivity index (χ0n) is 22.7. The molecule has 0 fully saturated rings. The van der Waals surface area contributed by atoms with E-state index >= 15 is 0 Å². The lowest BCUT2D eigenvalue weighted by Crippen LogP contribution is -2.38. The van der Waals surface area contributed by atoms with Gasteiger partial charge in [-0.3, -0.25) is 9.10 Å². The summed E-state index contributed by atoms with van der Waals surface area (Å²) >= 11 is 0. The van der Waals surface area contributed by atoms with E-state index in [-0.39, 0.29) is 28.0 Å². The molecule has 3 aromatic carbocycles. The lowest BCUT2D eigenvalue weighted by Gasteiger charge is -2.27. The molecule has 38 heavy (non-hydrogen) atoms. The SMILES string of the molecule is COc1ccc(OC)c(N(CC(=O)Nc2c(C)cccc2C(C)C)S(=O)(=O)c2ccc(OC)c(OC)c2)c1. The summed E-state index contributed by atoms with van der Waals surface area (Å²) < 4.78 is 50.5. The van der Waals surface area contributed by atoms with Crippen LogP contribution in [0.4, 0.5) is 11.4 Å². The Morgan fingerprint density at radius 2 is 1.53 bits per heavy atom. The van der Waals surface area contributed by atoms with Crippen molar-refractivity contribution >= 4 is 27.3 Å². The molecule has 0 aliphatic heterocycles. The molecule has 0 heterocycles. The van der Waals surface area contributed by atoms with E-state index in [1.165, 1.54) is 52.7 Å². The van der Waals surface area contributed by atoms with Crippen LogP contribution in [0.1, 0.15) is 30.9 Å². The third-order valence-electron chi connectivity index (χ3n) is 6.08. The first kappa shape index (κ1) is 28.6. The summed E-state index contributed by atoms with van der Waals surface area (Å²) in [5.41, 5.74) is 2.63. The molecule has 1 N–H and O–H groups in total. The Balaban J connectivity index is 2.13. The fourth-order valence-electron chi connectivity index (χ4n) is 4.05. The summed E-state index contributed by atoms with van der Waals surface area (Å²) in [5, 5.41) is 2.93. The highest BCUT2D eigenvalue weighted by Gasteiger charge is 2.31. The standard InChI is InChI=1S/C28H34N2O7S/c1-18(2)22-10-8-9-19(3)28(22)29-27(31)17-30(23-15-20(34-4)11-13-24(23)35-5)38(32,33)21-12-14-25(36-6)26(16-21)37-7/h8-16,18H,17H2,1-7H3,(H,29,31). The molecule has 0 saturated heterocycles. The van der Waals surface area contributed by atoms with Crippen molar-refractivity contribution in [1.82, 2.24) is 0 Å². The van der Waals surface area contributed by atoms with E-state index in [1.807, 2.05) is 39.0 Å². The first-order chi connectivity index (χ1) is 18.1. The van der Waals surface area contributed by atoms with Gasteiger partial charge in [-0.15, -0.1) is 0 Å². The van der Waals surface area contributed by atoms with Crippen molar-refractivity contribution in [2.75, 3.05) is 44.6 Å². The van der Waals surface area contributed by atoms with Gasteiger partial charge < -0.3 is 24.3 Å². The number of aryl methyl sites for hydroxylation is 1. The van der Waals surface area contributed by atoms with Gasteiger partial charge in [-0.1, -0.05) is 32.0 Å². The van der Waals surface area contributed by atoms with Crippen molar-refractivity contribution in [3.05, 3.63) is 65.7 Å². The van der Waals surface area contributed by atoms with Crippen molar-refractivity contribution < 1.29 is 32.2 Å². The number of nitrogens with zero attached hydrogens (tertiary/aromatic N) is 1. The second kappa shape index (κ2) is 12.1. The molecule has 0 radical (unpaired) electrons. The van der Waals surface area contributed by atoms with E-state index < -0.39 is 22.5 Å². The van der Waals surface area contributed by atoms with Crippen LogP contribution in [0, 0.1) is 6.92 Å². The van der Waals surface area contributed by atoms with Crippen LogP contribution in [0.2, 0.25) is 0 Å². The molecule has 3 rings (SSSR count). The fourth-order valence-corrected chi connectivity index (χ4v) is 5.49. The van der Waals surface area contributed by atoms with Gasteiger partial charge in [0.2, 0.25) is 5.91 Å². The average Bonchev–Trinajstić information content (AvgIpc) is 2.91. The molecule has 0 spiro atoms. The number of carbonyl (C=O) groups excluding carboxylic acids is 1. The summed E-state index contributed by atoms with van der Waals surface area (Å²) in [4.78, 5) is 13.4. The molecule has 3 aromatic rings. The lowest BCUT2D eigenvalue weighted by atomic mass is 9.98. The molecule has 0 aliphatic rings. The van der Waals surface area contributed by atoms with Crippen LogP contribution in [0.15, 0.2) is 59.5 Å². The lowest BCUT2D eigenvalue weighted by molar-refractivity contribution is -0.114. The zero-order chi connectivity index (χ0) is 28.0. The Morgan fingerprint density at radius 3 is 2.13 bits per heavy atom. The summed E-state index contributed by atoms with van der Waals surface area (Å²) in [6, 6.07) is 14.7. The predicted octanol–water partition coefficient (Wildman–Crippen LogP) is 4.99. The summed E-state index contributed by atoms with van der Waals surface area (Å²) in [5.74, 6) is 0.883. The number of amides is 1. The van der Waals surface area contributed by atoms with Crippen LogP contribution in [0.5, 0.6) is 23.0 Å².